The van der Waals surface area contributed by atoms with Crippen molar-refractivity contribution in [2.45, 2.75) is 44.1 Å². The van der Waals surface area contributed by atoms with Gasteiger partial charge in [0.25, 0.3) is 0 Å². The van der Waals surface area contributed by atoms with Crippen molar-refractivity contribution in [2.24, 2.45) is 0 Å². The van der Waals surface area contributed by atoms with Gasteiger partial charge in [-0.3, -0.25) is 9.59 Å². The zero-order valence-electron chi connectivity index (χ0n) is 18.0. The van der Waals surface area contributed by atoms with Gasteiger partial charge >= 0.3 is 0 Å². The number of nitrogens with zero attached hydrogens (tertiary/aromatic N) is 1. The van der Waals surface area contributed by atoms with Crippen LogP contribution in [0, 0.1) is 0 Å². The highest BCUT2D eigenvalue weighted by atomic mass is 35.5. The first-order valence-corrected chi connectivity index (χ1v) is 11.2. The van der Waals surface area contributed by atoms with E-state index in [1.807, 2.05) is 42.5 Å². The third-order valence-corrected chi connectivity index (χ3v) is 6.20. The fraction of sp³-hybridized carbons (Fsp3) is 0.375. The van der Waals surface area contributed by atoms with Gasteiger partial charge in [-0.25, -0.2) is 4.98 Å². The van der Waals surface area contributed by atoms with E-state index in [4.69, 9.17) is 16.3 Å². The van der Waals surface area contributed by atoms with Gasteiger partial charge in [-0.1, -0.05) is 23.7 Å². The highest BCUT2D eigenvalue weighted by Crippen LogP contribution is 2.30. The van der Waals surface area contributed by atoms with Crippen molar-refractivity contribution in [3.8, 4) is 5.75 Å². The molecule has 7 nitrogen and oxygen atoms in total. The van der Waals surface area contributed by atoms with E-state index in [9.17, 15) is 9.59 Å². The maximum Gasteiger partial charge on any atom is 0.220 e. The van der Waals surface area contributed by atoms with Crippen molar-refractivity contribution >= 4 is 34.4 Å². The van der Waals surface area contributed by atoms with Crippen LogP contribution >= 0.6 is 11.6 Å². The number of carbonyl (C=O) groups is 2. The summed E-state index contributed by atoms with van der Waals surface area (Å²) in [5.41, 5.74) is 2.48. The molecule has 0 bridgehead atoms. The molecule has 8 heteroatoms. The minimum atomic E-state index is -0.389. The summed E-state index contributed by atoms with van der Waals surface area (Å²) < 4.78 is 5.23. The van der Waals surface area contributed by atoms with Crippen molar-refractivity contribution in [2.75, 3.05) is 13.7 Å². The zero-order valence-corrected chi connectivity index (χ0v) is 18.8. The Labute approximate surface area is 191 Å². The lowest BCUT2D eigenvalue weighted by atomic mass is 9.85. The number of ether oxygens (including phenoxy) is 1. The molecule has 1 aliphatic rings. The van der Waals surface area contributed by atoms with Crippen LogP contribution in [0.25, 0.3) is 11.0 Å². The Kier molecular flexibility index (Phi) is 6.65. The van der Waals surface area contributed by atoms with Gasteiger partial charge in [0.1, 0.15) is 11.6 Å². The van der Waals surface area contributed by atoms with Crippen LogP contribution in [0.2, 0.25) is 5.02 Å². The molecular weight excluding hydrogens is 428 g/mol. The molecule has 0 saturated carbocycles. The van der Waals surface area contributed by atoms with Gasteiger partial charge in [-0.05, 0) is 49.1 Å². The number of hydrogen-bond donors (Lipinski definition) is 3. The number of halogens is 1. The van der Waals surface area contributed by atoms with Gasteiger partial charge in [0.05, 0.1) is 18.1 Å². The quantitative estimate of drug-likeness (QED) is 0.460. The predicted molar refractivity (Wildman–Crippen MR) is 124 cm³/mol. The van der Waals surface area contributed by atoms with E-state index in [2.05, 4.69) is 20.6 Å². The average Bonchev–Trinajstić information content (AvgIpc) is 3.36. The molecule has 1 aromatic heterocycles. The summed E-state index contributed by atoms with van der Waals surface area (Å²) in [4.78, 5) is 32.2. The molecule has 168 valence electrons. The van der Waals surface area contributed by atoms with Crippen LogP contribution in [0.5, 0.6) is 5.75 Å². The van der Waals surface area contributed by atoms with Crippen molar-refractivity contribution in [1.82, 2.24) is 20.6 Å². The minimum absolute atomic E-state index is 0.0283. The van der Waals surface area contributed by atoms with Crippen molar-refractivity contribution < 1.29 is 14.3 Å². The topological polar surface area (TPSA) is 96.1 Å². The van der Waals surface area contributed by atoms with E-state index in [1.54, 1.807) is 7.11 Å². The Hall–Kier alpha value is -3.06. The molecule has 3 N–H and O–H groups in total. The van der Waals surface area contributed by atoms with Crippen molar-refractivity contribution in [3.63, 3.8) is 0 Å². The summed E-state index contributed by atoms with van der Waals surface area (Å²) in [5, 5.41) is 6.76. The number of amides is 2. The SMILES string of the molecule is COc1ccc2nc(CCNC(=O)CCC3(Cc4ccc(Cl)cc4)CCC(=O)N3)[nH]c2c1. The van der Waals surface area contributed by atoms with Crippen LogP contribution < -0.4 is 15.4 Å². The Morgan fingerprint density at radius 2 is 2.06 bits per heavy atom. The summed E-state index contributed by atoms with van der Waals surface area (Å²) in [5.74, 6) is 1.60. The van der Waals surface area contributed by atoms with Gasteiger partial charge in [0, 0.05) is 42.4 Å². The number of H-pyrrole nitrogens is 1. The van der Waals surface area contributed by atoms with E-state index in [1.165, 1.54) is 0 Å². The number of fused-ring (bicyclic) bond motifs is 1. The minimum Gasteiger partial charge on any atom is -0.497 e. The number of aromatic amines is 1. The fourth-order valence-electron chi connectivity index (χ4n) is 4.22. The van der Waals surface area contributed by atoms with E-state index in [-0.39, 0.29) is 17.4 Å². The smallest absolute Gasteiger partial charge is 0.220 e. The summed E-state index contributed by atoms with van der Waals surface area (Å²) in [6, 6.07) is 13.3. The molecule has 1 atom stereocenters. The van der Waals surface area contributed by atoms with Gasteiger partial charge in [-0.15, -0.1) is 0 Å². The van der Waals surface area contributed by atoms with Crippen LogP contribution in [0.4, 0.5) is 0 Å². The maximum atomic E-state index is 12.5. The van der Waals surface area contributed by atoms with Crippen LogP contribution in [0.15, 0.2) is 42.5 Å². The number of hydrogen-bond acceptors (Lipinski definition) is 4. The summed E-state index contributed by atoms with van der Waals surface area (Å²) in [6.07, 6.45) is 3.46. The Bertz CT molecular complexity index is 1110. The third-order valence-electron chi connectivity index (χ3n) is 5.94. The summed E-state index contributed by atoms with van der Waals surface area (Å²) in [6.45, 7) is 0.492. The number of benzene rings is 2. The Morgan fingerprint density at radius 3 is 2.78 bits per heavy atom. The number of nitrogens with one attached hydrogen (secondary N) is 3. The lowest BCUT2D eigenvalue weighted by Crippen LogP contribution is -2.44. The zero-order chi connectivity index (χ0) is 22.6. The van der Waals surface area contributed by atoms with Crippen molar-refractivity contribution in [3.05, 3.63) is 58.9 Å². The number of imidazole rings is 1. The molecule has 32 heavy (non-hydrogen) atoms. The lowest BCUT2D eigenvalue weighted by Gasteiger charge is -2.29. The maximum absolute atomic E-state index is 12.5. The first-order valence-electron chi connectivity index (χ1n) is 10.8. The Balaban J connectivity index is 1.29. The number of carbonyl (C=O) groups excluding carboxylic acids is 2. The van der Waals surface area contributed by atoms with E-state index in [0.717, 1.165) is 34.6 Å². The first-order chi connectivity index (χ1) is 15.4. The average molecular weight is 455 g/mol. The van der Waals surface area contributed by atoms with E-state index in [0.29, 0.717) is 43.7 Å². The molecule has 3 aromatic rings. The third kappa shape index (κ3) is 5.40. The predicted octanol–water partition coefficient (Wildman–Crippen LogP) is 3.56. The van der Waals surface area contributed by atoms with Crippen LogP contribution in [0.1, 0.15) is 37.1 Å². The number of aromatic nitrogens is 2. The molecule has 2 amide bonds. The number of rotatable bonds is 9. The summed E-state index contributed by atoms with van der Waals surface area (Å²) in [7, 11) is 1.63. The van der Waals surface area contributed by atoms with Gasteiger partial charge in [-0.2, -0.15) is 0 Å². The van der Waals surface area contributed by atoms with Gasteiger partial charge < -0.3 is 20.4 Å². The Morgan fingerprint density at radius 1 is 1.25 bits per heavy atom. The highest BCUT2D eigenvalue weighted by Gasteiger charge is 2.37. The molecule has 0 radical (unpaired) electrons. The largest absolute Gasteiger partial charge is 0.497 e. The molecule has 1 saturated heterocycles. The van der Waals surface area contributed by atoms with Gasteiger partial charge in [0.15, 0.2) is 0 Å². The monoisotopic (exact) mass is 454 g/mol. The normalized spacial score (nSPS) is 18.0. The molecule has 1 fully saturated rings. The van der Waals surface area contributed by atoms with Crippen LogP contribution in [0.3, 0.4) is 0 Å². The number of methoxy groups -OCH3 is 1. The fourth-order valence-corrected chi connectivity index (χ4v) is 4.35. The standard InChI is InChI=1S/C24H27ClN4O3/c1-32-18-6-7-19-20(14-18)28-21(27-19)10-13-26-22(30)8-11-24(12-9-23(31)29-24)15-16-2-4-17(25)5-3-16/h2-7,14H,8-13,15H2,1H3,(H,26,30)(H,27,28)(H,29,31). The molecule has 1 unspecified atom stereocenters. The van der Waals surface area contributed by atoms with E-state index < -0.39 is 0 Å². The van der Waals surface area contributed by atoms with Crippen LogP contribution in [-0.2, 0) is 22.4 Å². The highest BCUT2D eigenvalue weighted by molar-refractivity contribution is 6.30. The second-order valence-corrected chi connectivity index (χ2v) is 8.73. The van der Waals surface area contributed by atoms with Crippen molar-refractivity contribution in [1.29, 1.82) is 0 Å². The van der Waals surface area contributed by atoms with E-state index >= 15 is 0 Å². The molecular formula is C24H27ClN4O3. The first kappa shape index (κ1) is 22.1. The molecule has 2 heterocycles. The lowest BCUT2D eigenvalue weighted by molar-refractivity contribution is -0.122. The molecule has 1 aliphatic heterocycles. The molecule has 0 aliphatic carbocycles. The summed E-state index contributed by atoms with van der Waals surface area (Å²) >= 11 is 5.98. The molecule has 0 spiro atoms. The second kappa shape index (κ2) is 9.61. The second-order valence-electron chi connectivity index (χ2n) is 8.30. The molecule has 4 rings (SSSR count). The van der Waals surface area contributed by atoms with Gasteiger partial charge in [0.2, 0.25) is 11.8 Å². The van der Waals surface area contributed by atoms with Crippen LogP contribution in [-0.4, -0.2) is 41.0 Å². The molecule has 2 aromatic carbocycles.